The summed E-state index contributed by atoms with van der Waals surface area (Å²) in [5, 5.41) is 0.497. The minimum Gasteiger partial charge on any atom is -0.373 e. The molecule has 0 amide bonds. The molecule has 0 bridgehead atoms. The Kier molecular flexibility index (Phi) is 3.47. The van der Waals surface area contributed by atoms with Gasteiger partial charge in [0.15, 0.2) is 0 Å². The van der Waals surface area contributed by atoms with Crippen LogP contribution in [0.5, 0.6) is 0 Å². The first-order valence-electron chi connectivity index (χ1n) is 5.44. The van der Waals surface area contributed by atoms with Crippen LogP contribution < -0.4 is 5.73 Å². The zero-order valence-electron chi connectivity index (χ0n) is 9.12. The van der Waals surface area contributed by atoms with Crippen molar-refractivity contribution in [2.45, 2.75) is 38.0 Å². The van der Waals surface area contributed by atoms with E-state index in [0.29, 0.717) is 10.6 Å². The predicted octanol–water partition coefficient (Wildman–Crippen LogP) is 3.05. The van der Waals surface area contributed by atoms with Gasteiger partial charge in [0, 0.05) is 5.02 Å². The molecule has 16 heavy (non-hydrogen) atoms. The van der Waals surface area contributed by atoms with Gasteiger partial charge in [0.25, 0.3) is 0 Å². The minimum absolute atomic E-state index is 0.0608. The number of rotatable bonds is 2. The molecule has 1 fully saturated rings. The average Bonchev–Trinajstić information content (AvgIpc) is 2.67. The van der Waals surface area contributed by atoms with Crippen LogP contribution in [0.4, 0.5) is 4.39 Å². The molecule has 2 nitrogen and oxygen atoms in total. The highest BCUT2D eigenvalue weighted by molar-refractivity contribution is 6.31. The van der Waals surface area contributed by atoms with Gasteiger partial charge in [-0.05, 0) is 43.5 Å². The van der Waals surface area contributed by atoms with Gasteiger partial charge in [-0.3, -0.25) is 0 Å². The predicted molar refractivity (Wildman–Crippen MR) is 61.9 cm³/mol. The van der Waals surface area contributed by atoms with Gasteiger partial charge in [-0.15, -0.1) is 0 Å². The molecule has 4 heteroatoms. The van der Waals surface area contributed by atoms with Crippen molar-refractivity contribution in [3.8, 4) is 0 Å². The number of hydrogen-bond acceptors (Lipinski definition) is 2. The lowest BCUT2D eigenvalue weighted by Gasteiger charge is -2.20. The fourth-order valence-electron chi connectivity index (χ4n) is 2.07. The SMILES string of the molecule is CC1CCC(C(N)c2cc(F)ccc2Cl)O1. The third kappa shape index (κ3) is 2.37. The first kappa shape index (κ1) is 11.8. The summed E-state index contributed by atoms with van der Waals surface area (Å²) >= 11 is 6.00. The van der Waals surface area contributed by atoms with Crippen LogP contribution in [0.2, 0.25) is 5.02 Å². The largest absolute Gasteiger partial charge is 0.373 e. The van der Waals surface area contributed by atoms with Crippen LogP contribution in [-0.2, 0) is 4.74 Å². The average molecular weight is 244 g/mol. The zero-order chi connectivity index (χ0) is 11.7. The van der Waals surface area contributed by atoms with Crippen molar-refractivity contribution in [3.05, 3.63) is 34.6 Å². The second kappa shape index (κ2) is 4.70. The molecule has 0 radical (unpaired) electrons. The van der Waals surface area contributed by atoms with Crippen LogP contribution in [0.15, 0.2) is 18.2 Å². The quantitative estimate of drug-likeness (QED) is 0.867. The molecule has 1 aromatic carbocycles. The molecule has 2 rings (SSSR count). The molecule has 3 atom stereocenters. The Hall–Kier alpha value is -0.640. The van der Waals surface area contributed by atoms with Crippen molar-refractivity contribution in [1.29, 1.82) is 0 Å². The van der Waals surface area contributed by atoms with Crippen molar-refractivity contribution in [1.82, 2.24) is 0 Å². The number of halogens is 2. The maximum atomic E-state index is 13.1. The fourth-order valence-corrected chi connectivity index (χ4v) is 2.31. The minimum atomic E-state index is -0.354. The molecule has 88 valence electrons. The lowest BCUT2D eigenvalue weighted by Crippen LogP contribution is -2.26. The summed E-state index contributed by atoms with van der Waals surface area (Å²) in [6.07, 6.45) is 2.05. The van der Waals surface area contributed by atoms with E-state index >= 15 is 0 Å². The van der Waals surface area contributed by atoms with Crippen LogP contribution in [0.25, 0.3) is 0 Å². The highest BCUT2D eigenvalue weighted by atomic mass is 35.5. The molecule has 1 aliphatic rings. The number of ether oxygens (including phenoxy) is 1. The maximum absolute atomic E-state index is 13.1. The van der Waals surface area contributed by atoms with E-state index in [-0.39, 0.29) is 24.1 Å². The van der Waals surface area contributed by atoms with E-state index in [1.165, 1.54) is 18.2 Å². The second-order valence-corrected chi connectivity index (χ2v) is 4.66. The molecule has 0 saturated carbocycles. The Balaban J connectivity index is 2.20. The highest BCUT2D eigenvalue weighted by Gasteiger charge is 2.29. The Morgan fingerprint density at radius 3 is 2.88 bits per heavy atom. The molecule has 0 spiro atoms. The summed E-state index contributed by atoms with van der Waals surface area (Å²) < 4.78 is 18.8. The lowest BCUT2D eigenvalue weighted by atomic mass is 10.00. The Morgan fingerprint density at radius 2 is 2.25 bits per heavy atom. The second-order valence-electron chi connectivity index (χ2n) is 4.25. The zero-order valence-corrected chi connectivity index (χ0v) is 9.88. The van der Waals surface area contributed by atoms with Crippen molar-refractivity contribution in [3.63, 3.8) is 0 Å². The van der Waals surface area contributed by atoms with E-state index in [2.05, 4.69) is 0 Å². The monoisotopic (exact) mass is 243 g/mol. The van der Waals surface area contributed by atoms with Crippen LogP contribution >= 0.6 is 11.6 Å². The first-order chi connectivity index (χ1) is 7.58. The topological polar surface area (TPSA) is 35.2 Å². The maximum Gasteiger partial charge on any atom is 0.123 e. The van der Waals surface area contributed by atoms with Gasteiger partial charge in [-0.1, -0.05) is 11.6 Å². The van der Waals surface area contributed by atoms with E-state index in [1.807, 2.05) is 6.92 Å². The number of hydrogen-bond donors (Lipinski definition) is 1. The van der Waals surface area contributed by atoms with Gasteiger partial charge in [0.2, 0.25) is 0 Å². The van der Waals surface area contributed by atoms with Crippen LogP contribution in [0, 0.1) is 5.82 Å². The Labute approximate surface area is 99.5 Å². The van der Waals surface area contributed by atoms with Crippen LogP contribution in [0.3, 0.4) is 0 Å². The molecule has 2 N–H and O–H groups in total. The normalized spacial score (nSPS) is 27.0. The van der Waals surface area contributed by atoms with E-state index in [4.69, 9.17) is 22.1 Å². The fraction of sp³-hybridized carbons (Fsp3) is 0.500. The van der Waals surface area contributed by atoms with E-state index in [1.54, 1.807) is 0 Å². The van der Waals surface area contributed by atoms with Crippen molar-refractivity contribution in [2.24, 2.45) is 5.73 Å². The summed E-state index contributed by atoms with van der Waals surface area (Å²) in [7, 11) is 0. The summed E-state index contributed by atoms with van der Waals surface area (Å²) in [6.45, 7) is 2.01. The molecule has 3 unspecified atom stereocenters. The van der Waals surface area contributed by atoms with Gasteiger partial charge < -0.3 is 10.5 Å². The van der Waals surface area contributed by atoms with Gasteiger partial charge in [-0.25, -0.2) is 4.39 Å². The third-order valence-corrected chi connectivity index (χ3v) is 3.33. The molecule has 1 aliphatic heterocycles. The van der Waals surface area contributed by atoms with Crippen LogP contribution in [0.1, 0.15) is 31.4 Å². The van der Waals surface area contributed by atoms with E-state index in [9.17, 15) is 4.39 Å². The highest BCUT2D eigenvalue weighted by Crippen LogP contribution is 2.32. The van der Waals surface area contributed by atoms with Crippen molar-refractivity contribution in [2.75, 3.05) is 0 Å². The van der Waals surface area contributed by atoms with E-state index in [0.717, 1.165) is 12.8 Å². The molecule has 0 aliphatic carbocycles. The van der Waals surface area contributed by atoms with Crippen LogP contribution in [-0.4, -0.2) is 12.2 Å². The smallest absolute Gasteiger partial charge is 0.123 e. The Bertz CT molecular complexity index is 385. The molecule has 1 saturated heterocycles. The standard InChI is InChI=1S/C12H15ClFNO/c1-7-2-5-11(16-7)12(15)9-6-8(14)3-4-10(9)13/h3-4,6-7,11-12H,2,5,15H2,1H3. The van der Waals surface area contributed by atoms with Gasteiger partial charge in [0.05, 0.1) is 18.2 Å². The van der Waals surface area contributed by atoms with Gasteiger partial charge in [0.1, 0.15) is 5.82 Å². The molecular formula is C12H15ClFNO. The van der Waals surface area contributed by atoms with Crippen molar-refractivity contribution >= 4 is 11.6 Å². The summed E-state index contributed by atoms with van der Waals surface area (Å²) in [4.78, 5) is 0. The number of benzene rings is 1. The summed E-state index contributed by atoms with van der Waals surface area (Å²) in [6, 6.07) is 3.90. The van der Waals surface area contributed by atoms with Crippen molar-refractivity contribution < 1.29 is 9.13 Å². The molecule has 0 aromatic heterocycles. The summed E-state index contributed by atoms with van der Waals surface area (Å²) in [5.74, 6) is -0.319. The third-order valence-electron chi connectivity index (χ3n) is 2.98. The first-order valence-corrected chi connectivity index (χ1v) is 5.81. The molecular weight excluding hydrogens is 229 g/mol. The molecule has 1 aromatic rings. The van der Waals surface area contributed by atoms with Gasteiger partial charge in [-0.2, -0.15) is 0 Å². The number of nitrogens with two attached hydrogens (primary N) is 1. The molecule has 1 heterocycles. The lowest BCUT2D eigenvalue weighted by molar-refractivity contribution is 0.0401. The Morgan fingerprint density at radius 1 is 1.50 bits per heavy atom. The van der Waals surface area contributed by atoms with Gasteiger partial charge >= 0.3 is 0 Å². The summed E-state index contributed by atoms with van der Waals surface area (Å²) in [5.41, 5.74) is 6.68. The van der Waals surface area contributed by atoms with E-state index < -0.39 is 0 Å².